The first kappa shape index (κ1) is 13.4. The summed E-state index contributed by atoms with van der Waals surface area (Å²) in [5.41, 5.74) is 1.61. The molecule has 3 rings (SSSR count). The molecule has 0 bridgehead atoms. The second-order valence-corrected chi connectivity index (χ2v) is 6.11. The second kappa shape index (κ2) is 5.40. The van der Waals surface area contributed by atoms with E-state index in [-0.39, 0.29) is 0 Å². The van der Waals surface area contributed by atoms with Crippen LogP contribution in [0.1, 0.15) is 18.5 Å². The van der Waals surface area contributed by atoms with E-state index in [9.17, 15) is 0 Å². The lowest BCUT2D eigenvalue weighted by Gasteiger charge is -2.06. The van der Waals surface area contributed by atoms with Crippen molar-refractivity contribution in [3.63, 3.8) is 0 Å². The van der Waals surface area contributed by atoms with E-state index in [0.717, 1.165) is 22.4 Å². The van der Waals surface area contributed by atoms with E-state index >= 15 is 0 Å². The molecular weight excluding hydrogens is 351 g/mol. The molecule has 0 saturated heterocycles. The van der Waals surface area contributed by atoms with E-state index < -0.39 is 0 Å². The Morgan fingerprint density at radius 2 is 2.11 bits per heavy atom. The third kappa shape index (κ3) is 2.94. The molecule has 1 aromatic carbocycles. The number of nitrogens with zero attached hydrogens (tertiary/aromatic N) is 3. The van der Waals surface area contributed by atoms with Gasteiger partial charge < -0.3 is 5.32 Å². The maximum Gasteiger partial charge on any atom is 0.0969 e. The van der Waals surface area contributed by atoms with Crippen molar-refractivity contribution in [2.24, 2.45) is 0 Å². The predicted molar refractivity (Wildman–Crippen MR) is 78.9 cm³/mol. The van der Waals surface area contributed by atoms with Gasteiger partial charge in [0.05, 0.1) is 27.6 Å². The minimum atomic E-state index is 0.461. The van der Waals surface area contributed by atoms with Gasteiger partial charge >= 0.3 is 0 Å². The summed E-state index contributed by atoms with van der Waals surface area (Å²) >= 11 is 15.6. The highest BCUT2D eigenvalue weighted by Gasteiger charge is 2.20. The minimum Gasteiger partial charge on any atom is -0.308 e. The summed E-state index contributed by atoms with van der Waals surface area (Å²) in [6, 6.07) is 4.34. The lowest BCUT2D eigenvalue weighted by atomic mass is 10.3. The van der Waals surface area contributed by atoms with Crippen LogP contribution in [-0.2, 0) is 6.54 Å². The molecule has 2 aromatic rings. The first-order valence-electron chi connectivity index (χ1n) is 5.93. The molecule has 1 aliphatic carbocycles. The zero-order valence-corrected chi connectivity index (χ0v) is 13.0. The van der Waals surface area contributed by atoms with E-state index in [0.29, 0.717) is 16.1 Å². The Kier molecular flexibility index (Phi) is 3.80. The summed E-state index contributed by atoms with van der Waals surface area (Å²) in [6.07, 6.45) is 4.37. The standard InChI is InChI=1S/C12H11BrCl2N4/c13-9-3-4-10(12(15)11(9)14)19-6-8(17-18-19)5-16-7-1-2-7/h3-4,6-7,16H,1-2,5H2. The van der Waals surface area contributed by atoms with Crippen molar-refractivity contribution in [1.29, 1.82) is 0 Å². The van der Waals surface area contributed by atoms with Gasteiger partial charge in [0.2, 0.25) is 0 Å². The lowest BCUT2D eigenvalue weighted by molar-refractivity contribution is 0.671. The Balaban J connectivity index is 1.83. The smallest absolute Gasteiger partial charge is 0.0969 e. The molecule has 1 aromatic heterocycles. The average Bonchev–Trinajstić information content (AvgIpc) is 3.12. The summed E-state index contributed by atoms with van der Waals surface area (Å²) in [6.45, 7) is 0.729. The van der Waals surface area contributed by atoms with Gasteiger partial charge in [-0.1, -0.05) is 28.4 Å². The van der Waals surface area contributed by atoms with Gasteiger partial charge in [-0.3, -0.25) is 0 Å². The van der Waals surface area contributed by atoms with Crippen molar-refractivity contribution >= 4 is 39.1 Å². The van der Waals surface area contributed by atoms with E-state index in [4.69, 9.17) is 23.2 Å². The Bertz CT molecular complexity index is 610. The first-order chi connectivity index (χ1) is 9.15. The quantitative estimate of drug-likeness (QED) is 0.846. The van der Waals surface area contributed by atoms with Crippen LogP contribution in [0.2, 0.25) is 10.0 Å². The van der Waals surface area contributed by atoms with Crippen molar-refractivity contribution in [3.8, 4) is 5.69 Å². The summed E-state index contributed by atoms with van der Waals surface area (Å²) in [4.78, 5) is 0. The fraction of sp³-hybridized carbons (Fsp3) is 0.333. The van der Waals surface area contributed by atoms with Crippen molar-refractivity contribution in [2.45, 2.75) is 25.4 Å². The summed E-state index contributed by atoms with van der Waals surface area (Å²) in [5.74, 6) is 0. The molecule has 19 heavy (non-hydrogen) atoms. The number of aromatic nitrogens is 3. The van der Waals surface area contributed by atoms with Crippen LogP contribution >= 0.6 is 39.1 Å². The first-order valence-corrected chi connectivity index (χ1v) is 7.48. The molecule has 1 saturated carbocycles. The van der Waals surface area contributed by atoms with Gasteiger partial charge in [-0.15, -0.1) is 5.10 Å². The van der Waals surface area contributed by atoms with E-state index in [1.165, 1.54) is 12.8 Å². The zero-order valence-electron chi connectivity index (χ0n) is 9.91. The van der Waals surface area contributed by atoms with Crippen LogP contribution in [0.3, 0.4) is 0 Å². The maximum atomic E-state index is 6.21. The van der Waals surface area contributed by atoms with Crippen LogP contribution in [0.25, 0.3) is 5.69 Å². The van der Waals surface area contributed by atoms with E-state index in [1.807, 2.05) is 18.3 Å². The van der Waals surface area contributed by atoms with Crippen molar-refractivity contribution in [1.82, 2.24) is 20.3 Å². The fourth-order valence-corrected chi connectivity index (χ4v) is 2.58. The van der Waals surface area contributed by atoms with E-state index in [1.54, 1.807) is 4.68 Å². The number of nitrogens with one attached hydrogen (secondary N) is 1. The van der Waals surface area contributed by atoms with Gasteiger partial charge in [0.15, 0.2) is 0 Å². The Morgan fingerprint density at radius 1 is 1.32 bits per heavy atom. The molecule has 4 nitrogen and oxygen atoms in total. The third-order valence-corrected chi connectivity index (χ3v) is 4.71. The maximum absolute atomic E-state index is 6.21. The predicted octanol–water partition coefficient (Wildman–Crippen LogP) is 3.59. The summed E-state index contributed by atoms with van der Waals surface area (Å²) in [5, 5.41) is 12.5. The van der Waals surface area contributed by atoms with Crippen LogP contribution in [0, 0.1) is 0 Å². The molecule has 0 spiro atoms. The molecule has 1 aliphatic rings. The Labute approximate surface area is 129 Å². The molecule has 1 heterocycles. The minimum absolute atomic E-state index is 0.461. The van der Waals surface area contributed by atoms with Gasteiger partial charge in [-0.2, -0.15) is 0 Å². The van der Waals surface area contributed by atoms with Crippen LogP contribution in [0.5, 0.6) is 0 Å². The molecule has 0 aliphatic heterocycles. The van der Waals surface area contributed by atoms with Gasteiger partial charge in [0.1, 0.15) is 0 Å². The number of halogens is 3. The van der Waals surface area contributed by atoms with Crippen LogP contribution in [0.15, 0.2) is 22.8 Å². The third-order valence-electron chi connectivity index (χ3n) is 2.95. The Morgan fingerprint density at radius 3 is 2.84 bits per heavy atom. The monoisotopic (exact) mass is 360 g/mol. The summed E-state index contributed by atoms with van der Waals surface area (Å²) in [7, 11) is 0. The SMILES string of the molecule is Clc1c(Br)ccc(-n2cc(CNC3CC3)nn2)c1Cl. The second-order valence-electron chi connectivity index (χ2n) is 4.50. The normalized spacial score (nSPS) is 14.9. The van der Waals surface area contributed by atoms with Crippen LogP contribution in [0.4, 0.5) is 0 Å². The molecular formula is C12H11BrCl2N4. The molecule has 100 valence electrons. The topological polar surface area (TPSA) is 42.7 Å². The molecule has 1 fully saturated rings. The van der Waals surface area contributed by atoms with Gasteiger partial charge in [-0.25, -0.2) is 4.68 Å². The number of rotatable bonds is 4. The molecule has 0 amide bonds. The van der Waals surface area contributed by atoms with Crippen LogP contribution in [-0.4, -0.2) is 21.0 Å². The number of hydrogen-bond donors (Lipinski definition) is 1. The van der Waals surface area contributed by atoms with Crippen molar-refractivity contribution < 1.29 is 0 Å². The van der Waals surface area contributed by atoms with Crippen LogP contribution < -0.4 is 5.32 Å². The molecule has 1 N–H and O–H groups in total. The van der Waals surface area contributed by atoms with E-state index in [2.05, 4.69) is 31.6 Å². The lowest BCUT2D eigenvalue weighted by Crippen LogP contribution is -2.15. The largest absolute Gasteiger partial charge is 0.308 e. The number of hydrogen-bond acceptors (Lipinski definition) is 3. The van der Waals surface area contributed by atoms with Gasteiger partial charge in [-0.05, 0) is 40.9 Å². The summed E-state index contributed by atoms with van der Waals surface area (Å²) < 4.78 is 2.41. The van der Waals surface area contributed by atoms with Crippen molar-refractivity contribution in [3.05, 3.63) is 38.5 Å². The fourth-order valence-electron chi connectivity index (χ4n) is 1.73. The highest BCUT2D eigenvalue weighted by Crippen LogP contribution is 2.34. The highest BCUT2D eigenvalue weighted by molar-refractivity contribution is 9.10. The molecule has 0 unspecified atom stereocenters. The number of benzene rings is 1. The highest BCUT2D eigenvalue weighted by atomic mass is 79.9. The molecule has 7 heteroatoms. The molecule has 0 atom stereocenters. The van der Waals surface area contributed by atoms with Gasteiger partial charge in [0.25, 0.3) is 0 Å². The van der Waals surface area contributed by atoms with Crippen molar-refractivity contribution in [2.75, 3.05) is 0 Å². The average molecular weight is 362 g/mol. The van der Waals surface area contributed by atoms with Gasteiger partial charge in [0, 0.05) is 17.1 Å². The molecule has 0 radical (unpaired) electrons. The Hall–Kier alpha value is -0.620. The zero-order chi connectivity index (χ0) is 13.4.